The maximum atomic E-state index is 6.85. The topological polar surface area (TPSA) is 80.6 Å². The molecule has 0 bridgehead atoms. The molecule has 0 atom stereocenters. The normalized spacial score (nSPS) is 8.40. The lowest BCUT2D eigenvalue weighted by Gasteiger charge is -1.93. The zero-order chi connectivity index (χ0) is 6.69. The van der Waals surface area contributed by atoms with Gasteiger partial charge in [0.2, 0.25) is 0 Å². The number of hydrogen-bond donors (Lipinski definition) is 2. The first-order chi connectivity index (χ1) is 4.29. The van der Waals surface area contributed by atoms with Crippen LogP contribution >= 0.6 is 12.4 Å². The smallest absolute Gasteiger partial charge is 0.117 e. The molecule has 0 spiro atoms. The number of halogens is 1. The van der Waals surface area contributed by atoms with E-state index in [2.05, 4.69) is 10.2 Å². The standard InChI is InChI=1S/C4H7N5.ClH/c5-4(6)3-9-7-1-2-8-9;/h1-2H,3H2,(H3,5,6);1H. The third-order valence-corrected chi connectivity index (χ3v) is 0.778. The van der Waals surface area contributed by atoms with Crippen molar-refractivity contribution in [3.63, 3.8) is 0 Å². The molecule has 0 fully saturated rings. The van der Waals surface area contributed by atoms with E-state index in [0.717, 1.165) is 0 Å². The molecule has 0 aliphatic rings. The van der Waals surface area contributed by atoms with Crippen LogP contribution < -0.4 is 5.73 Å². The maximum Gasteiger partial charge on any atom is 0.117 e. The van der Waals surface area contributed by atoms with Crippen molar-refractivity contribution in [3.8, 4) is 0 Å². The van der Waals surface area contributed by atoms with Crippen LogP contribution in [-0.2, 0) is 6.54 Å². The minimum absolute atomic E-state index is 0. The summed E-state index contributed by atoms with van der Waals surface area (Å²) in [5.41, 5.74) is 5.07. The fourth-order valence-electron chi connectivity index (χ4n) is 0.477. The van der Waals surface area contributed by atoms with Crippen LogP contribution in [0.5, 0.6) is 0 Å². The van der Waals surface area contributed by atoms with Crippen LogP contribution in [0.1, 0.15) is 0 Å². The molecule has 5 nitrogen and oxygen atoms in total. The van der Waals surface area contributed by atoms with Gasteiger partial charge < -0.3 is 5.73 Å². The van der Waals surface area contributed by atoms with Crippen molar-refractivity contribution in [2.24, 2.45) is 5.73 Å². The highest BCUT2D eigenvalue weighted by atomic mass is 35.5. The number of hydrogen-bond acceptors (Lipinski definition) is 3. The number of aromatic nitrogens is 3. The minimum atomic E-state index is 0. The zero-order valence-electron chi connectivity index (χ0n) is 5.19. The van der Waals surface area contributed by atoms with E-state index < -0.39 is 0 Å². The molecule has 0 aliphatic heterocycles. The average molecular weight is 162 g/mol. The highest BCUT2D eigenvalue weighted by molar-refractivity contribution is 5.85. The first-order valence-electron chi connectivity index (χ1n) is 2.46. The Hall–Kier alpha value is -1.10. The van der Waals surface area contributed by atoms with Crippen LogP contribution in [0.2, 0.25) is 0 Å². The Morgan fingerprint density at radius 1 is 1.50 bits per heavy atom. The first-order valence-corrected chi connectivity index (χ1v) is 2.46. The first kappa shape index (κ1) is 8.90. The third kappa shape index (κ3) is 2.45. The quantitative estimate of drug-likeness (QED) is 0.459. The highest BCUT2D eigenvalue weighted by Gasteiger charge is 1.90. The Balaban J connectivity index is 0.000000810. The van der Waals surface area contributed by atoms with Gasteiger partial charge in [0, 0.05) is 0 Å². The van der Waals surface area contributed by atoms with Gasteiger partial charge in [-0.1, -0.05) is 0 Å². The number of rotatable bonds is 2. The fraction of sp³-hybridized carbons (Fsp3) is 0.250. The molecule has 3 N–H and O–H groups in total. The highest BCUT2D eigenvalue weighted by Crippen LogP contribution is 1.75. The van der Waals surface area contributed by atoms with Crippen LogP contribution in [0.25, 0.3) is 0 Å². The second-order valence-corrected chi connectivity index (χ2v) is 1.58. The van der Waals surface area contributed by atoms with Crippen molar-refractivity contribution < 1.29 is 0 Å². The molecule has 0 aromatic carbocycles. The fourth-order valence-corrected chi connectivity index (χ4v) is 0.477. The number of nitrogens with one attached hydrogen (secondary N) is 1. The van der Waals surface area contributed by atoms with E-state index in [0.29, 0.717) is 0 Å². The Bertz CT molecular complexity index is 193. The van der Waals surface area contributed by atoms with Gasteiger partial charge in [0.05, 0.1) is 12.4 Å². The van der Waals surface area contributed by atoms with Gasteiger partial charge in [-0.3, -0.25) is 5.41 Å². The van der Waals surface area contributed by atoms with Crippen LogP contribution in [0.3, 0.4) is 0 Å². The molecule has 0 saturated heterocycles. The van der Waals surface area contributed by atoms with Gasteiger partial charge in [-0.25, -0.2) is 0 Å². The molecule has 1 aromatic heterocycles. The summed E-state index contributed by atoms with van der Waals surface area (Å²) in [6.07, 6.45) is 3.09. The molecule has 0 aliphatic carbocycles. The minimum Gasteiger partial charge on any atom is -0.386 e. The Morgan fingerprint density at radius 2 is 2.00 bits per heavy atom. The molecule has 0 radical (unpaired) electrons. The van der Waals surface area contributed by atoms with E-state index in [1.54, 1.807) is 12.4 Å². The lowest BCUT2D eigenvalue weighted by atomic mass is 10.6. The zero-order valence-corrected chi connectivity index (χ0v) is 6.01. The van der Waals surface area contributed by atoms with Crippen LogP contribution in [0.4, 0.5) is 0 Å². The van der Waals surface area contributed by atoms with Gasteiger partial charge >= 0.3 is 0 Å². The van der Waals surface area contributed by atoms with Crippen molar-refractivity contribution >= 4 is 18.2 Å². The van der Waals surface area contributed by atoms with Crippen LogP contribution in [0, 0.1) is 5.41 Å². The molecule has 0 unspecified atom stereocenters. The molecular formula is C4H8ClN5. The molecule has 0 saturated carbocycles. The van der Waals surface area contributed by atoms with Crippen LogP contribution in [-0.4, -0.2) is 20.8 Å². The van der Waals surface area contributed by atoms with Crippen molar-refractivity contribution in [3.05, 3.63) is 12.4 Å². The summed E-state index contributed by atoms with van der Waals surface area (Å²) in [5, 5.41) is 14.3. The van der Waals surface area contributed by atoms with Gasteiger partial charge in [-0.05, 0) is 0 Å². The van der Waals surface area contributed by atoms with Gasteiger partial charge in [-0.15, -0.1) is 12.4 Å². The summed E-state index contributed by atoms with van der Waals surface area (Å²) in [5.74, 6) is 0.0613. The van der Waals surface area contributed by atoms with Crippen molar-refractivity contribution in [2.45, 2.75) is 6.54 Å². The summed E-state index contributed by atoms with van der Waals surface area (Å²) < 4.78 is 0. The predicted octanol–water partition coefficient (Wildman–Crippen LogP) is -0.364. The van der Waals surface area contributed by atoms with E-state index in [1.807, 2.05) is 0 Å². The maximum absolute atomic E-state index is 6.85. The van der Waals surface area contributed by atoms with Gasteiger partial charge in [0.1, 0.15) is 12.4 Å². The lowest BCUT2D eigenvalue weighted by Crippen LogP contribution is -2.19. The van der Waals surface area contributed by atoms with Gasteiger partial charge in [-0.2, -0.15) is 15.0 Å². The van der Waals surface area contributed by atoms with Crippen LogP contribution in [0.15, 0.2) is 12.4 Å². The van der Waals surface area contributed by atoms with E-state index in [9.17, 15) is 0 Å². The lowest BCUT2D eigenvalue weighted by molar-refractivity contribution is 0.616. The molecule has 0 amide bonds. The Kier molecular flexibility index (Phi) is 3.42. The van der Waals surface area contributed by atoms with Crippen molar-refractivity contribution in [1.29, 1.82) is 5.41 Å². The van der Waals surface area contributed by atoms with E-state index >= 15 is 0 Å². The molecule has 56 valence electrons. The predicted molar refractivity (Wildman–Crippen MR) is 39.2 cm³/mol. The Morgan fingerprint density at radius 3 is 2.40 bits per heavy atom. The average Bonchev–Trinajstić information content (AvgIpc) is 2.15. The second kappa shape index (κ2) is 3.84. The molecule has 1 rings (SSSR count). The molecule has 10 heavy (non-hydrogen) atoms. The van der Waals surface area contributed by atoms with E-state index in [4.69, 9.17) is 11.1 Å². The van der Waals surface area contributed by atoms with Crippen molar-refractivity contribution in [2.75, 3.05) is 0 Å². The summed E-state index contributed by atoms with van der Waals surface area (Å²) in [4.78, 5) is 1.35. The number of nitrogens with zero attached hydrogens (tertiary/aromatic N) is 3. The summed E-state index contributed by atoms with van der Waals surface area (Å²) in [6, 6.07) is 0. The van der Waals surface area contributed by atoms with Gasteiger partial charge in [0.25, 0.3) is 0 Å². The SMILES string of the molecule is Cl.N=C(N)Cn1nccn1. The van der Waals surface area contributed by atoms with Crippen molar-refractivity contribution in [1.82, 2.24) is 15.0 Å². The second-order valence-electron chi connectivity index (χ2n) is 1.58. The summed E-state index contributed by atoms with van der Waals surface area (Å²) in [6.45, 7) is 0.271. The summed E-state index contributed by atoms with van der Waals surface area (Å²) in [7, 11) is 0. The van der Waals surface area contributed by atoms with E-state index in [1.165, 1.54) is 4.80 Å². The molecule has 1 aromatic rings. The van der Waals surface area contributed by atoms with Gasteiger partial charge in [0.15, 0.2) is 0 Å². The Labute approximate surface area is 64.1 Å². The largest absolute Gasteiger partial charge is 0.386 e. The molecule has 6 heteroatoms. The molecular weight excluding hydrogens is 154 g/mol. The third-order valence-electron chi connectivity index (χ3n) is 0.778. The number of nitrogens with two attached hydrogens (primary N) is 1. The molecule has 1 heterocycles. The van der Waals surface area contributed by atoms with E-state index in [-0.39, 0.29) is 24.8 Å². The summed E-state index contributed by atoms with van der Waals surface area (Å²) >= 11 is 0. The number of amidine groups is 1. The monoisotopic (exact) mass is 161 g/mol.